The Labute approximate surface area is 96.2 Å². The first-order valence-corrected chi connectivity index (χ1v) is 4.88. The SMILES string of the molecule is O=C(NCCCO)c1cc(F)cc([N+](=O)[O-])c1. The maximum absolute atomic E-state index is 13.0. The van der Waals surface area contributed by atoms with Gasteiger partial charge in [-0.3, -0.25) is 14.9 Å². The maximum atomic E-state index is 13.0. The molecule has 0 fully saturated rings. The average Bonchev–Trinajstić information content (AvgIpc) is 2.28. The number of carbonyl (C=O) groups excluding carboxylic acids is 1. The van der Waals surface area contributed by atoms with E-state index in [2.05, 4.69) is 5.32 Å². The Hall–Kier alpha value is -2.02. The van der Waals surface area contributed by atoms with Crippen molar-refractivity contribution in [3.63, 3.8) is 0 Å². The van der Waals surface area contributed by atoms with Crippen molar-refractivity contribution in [2.75, 3.05) is 13.2 Å². The molecule has 0 aromatic heterocycles. The fraction of sp³-hybridized carbons (Fsp3) is 0.300. The van der Waals surface area contributed by atoms with Crippen LogP contribution in [0.5, 0.6) is 0 Å². The Morgan fingerprint density at radius 1 is 1.47 bits per heavy atom. The lowest BCUT2D eigenvalue weighted by molar-refractivity contribution is -0.385. The van der Waals surface area contributed by atoms with Crippen molar-refractivity contribution in [1.82, 2.24) is 5.32 Å². The number of amides is 1. The Morgan fingerprint density at radius 3 is 2.76 bits per heavy atom. The van der Waals surface area contributed by atoms with Gasteiger partial charge in [0.1, 0.15) is 5.82 Å². The third-order valence-electron chi connectivity index (χ3n) is 1.98. The summed E-state index contributed by atoms with van der Waals surface area (Å²) >= 11 is 0. The number of aliphatic hydroxyl groups excluding tert-OH is 1. The van der Waals surface area contributed by atoms with E-state index in [-0.39, 0.29) is 18.7 Å². The fourth-order valence-electron chi connectivity index (χ4n) is 1.19. The number of non-ortho nitro benzene ring substituents is 1. The van der Waals surface area contributed by atoms with Crippen molar-refractivity contribution in [2.24, 2.45) is 0 Å². The molecule has 0 atom stereocenters. The second-order valence-corrected chi connectivity index (χ2v) is 3.29. The summed E-state index contributed by atoms with van der Waals surface area (Å²) in [4.78, 5) is 21.2. The fourth-order valence-corrected chi connectivity index (χ4v) is 1.19. The zero-order valence-corrected chi connectivity index (χ0v) is 8.85. The second kappa shape index (κ2) is 5.90. The van der Waals surface area contributed by atoms with Gasteiger partial charge in [-0.25, -0.2) is 4.39 Å². The highest BCUT2D eigenvalue weighted by Crippen LogP contribution is 2.16. The van der Waals surface area contributed by atoms with E-state index < -0.39 is 22.3 Å². The molecule has 0 heterocycles. The van der Waals surface area contributed by atoms with Crippen molar-refractivity contribution >= 4 is 11.6 Å². The van der Waals surface area contributed by atoms with Crippen molar-refractivity contribution in [2.45, 2.75) is 6.42 Å². The van der Waals surface area contributed by atoms with Gasteiger partial charge in [0.05, 0.1) is 11.0 Å². The van der Waals surface area contributed by atoms with Crippen molar-refractivity contribution in [3.05, 3.63) is 39.7 Å². The van der Waals surface area contributed by atoms with E-state index in [0.717, 1.165) is 18.2 Å². The Kier molecular flexibility index (Phi) is 4.53. The van der Waals surface area contributed by atoms with Crippen LogP contribution in [0.25, 0.3) is 0 Å². The molecule has 17 heavy (non-hydrogen) atoms. The van der Waals surface area contributed by atoms with Gasteiger partial charge in [-0.1, -0.05) is 0 Å². The molecule has 0 radical (unpaired) electrons. The van der Waals surface area contributed by atoms with Crippen LogP contribution in [0, 0.1) is 15.9 Å². The molecule has 0 unspecified atom stereocenters. The maximum Gasteiger partial charge on any atom is 0.273 e. The van der Waals surface area contributed by atoms with Gasteiger partial charge < -0.3 is 10.4 Å². The van der Waals surface area contributed by atoms with Gasteiger partial charge in [-0.15, -0.1) is 0 Å². The quantitative estimate of drug-likeness (QED) is 0.454. The predicted octanol–water partition coefficient (Wildman–Crippen LogP) is 0.846. The van der Waals surface area contributed by atoms with Crippen molar-refractivity contribution < 1.29 is 19.2 Å². The molecule has 6 nitrogen and oxygen atoms in total. The molecule has 1 aromatic carbocycles. The predicted molar refractivity (Wildman–Crippen MR) is 57.1 cm³/mol. The Morgan fingerprint density at radius 2 is 2.18 bits per heavy atom. The minimum Gasteiger partial charge on any atom is -0.396 e. The van der Waals surface area contributed by atoms with Gasteiger partial charge in [-0.2, -0.15) is 0 Å². The zero-order chi connectivity index (χ0) is 12.8. The lowest BCUT2D eigenvalue weighted by Gasteiger charge is -2.04. The molecular formula is C10H11FN2O4. The van der Waals surface area contributed by atoms with Gasteiger partial charge in [0.15, 0.2) is 0 Å². The van der Waals surface area contributed by atoms with E-state index in [1.165, 1.54) is 0 Å². The molecule has 0 spiro atoms. The lowest BCUT2D eigenvalue weighted by atomic mass is 10.2. The minimum absolute atomic E-state index is 0.0798. The number of aliphatic hydroxyl groups is 1. The summed E-state index contributed by atoms with van der Waals surface area (Å²) < 4.78 is 13.0. The minimum atomic E-state index is -0.841. The molecule has 1 amide bonds. The van der Waals surface area contributed by atoms with E-state index in [1.54, 1.807) is 0 Å². The van der Waals surface area contributed by atoms with Crippen LogP contribution in [0.4, 0.5) is 10.1 Å². The van der Waals surface area contributed by atoms with Crippen LogP contribution in [-0.2, 0) is 0 Å². The lowest BCUT2D eigenvalue weighted by Crippen LogP contribution is -2.25. The summed E-state index contributed by atoms with van der Waals surface area (Å²) in [7, 11) is 0. The topological polar surface area (TPSA) is 92.5 Å². The molecule has 92 valence electrons. The van der Waals surface area contributed by atoms with E-state index in [1.807, 2.05) is 0 Å². The molecule has 0 saturated carbocycles. The molecule has 0 bridgehead atoms. The Balaban J connectivity index is 2.82. The number of nitrogens with one attached hydrogen (secondary N) is 1. The molecule has 0 saturated heterocycles. The smallest absolute Gasteiger partial charge is 0.273 e. The first-order chi connectivity index (χ1) is 8.04. The van der Waals surface area contributed by atoms with Crippen LogP contribution in [0.2, 0.25) is 0 Å². The molecule has 0 aliphatic rings. The van der Waals surface area contributed by atoms with E-state index in [4.69, 9.17) is 5.11 Å². The van der Waals surface area contributed by atoms with E-state index in [9.17, 15) is 19.3 Å². The van der Waals surface area contributed by atoms with Gasteiger partial charge in [0.25, 0.3) is 11.6 Å². The number of nitro groups is 1. The van der Waals surface area contributed by atoms with E-state index in [0.29, 0.717) is 6.42 Å². The van der Waals surface area contributed by atoms with Crippen molar-refractivity contribution in [1.29, 1.82) is 0 Å². The second-order valence-electron chi connectivity index (χ2n) is 3.29. The monoisotopic (exact) mass is 242 g/mol. The molecule has 2 N–H and O–H groups in total. The van der Waals surface area contributed by atoms with Gasteiger partial charge in [0.2, 0.25) is 0 Å². The summed E-state index contributed by atoms with van der Waals surface area (Å²) in [6.45, 7) is 0.142. The summed E-state index contributed by atoms with van der Waals surface area (Å²) in [5.41, 5.74) is -0.591. The van der Waals surface area contributed by atoms with E-state index >= 15 is 0 Å². The number of halogens is 1. The summed E-state index contributed by atoms with van der Waals surface area (Å²) in [6.07, 6.45) is 0.364. The number of hydrogen-bond acceptors (Lipinski definition) is 4. The molecule has 0 aliphatic carbocycles. The van der Waals surface area contributed by atoms with Crippen LogP contribution in [0.1, 0.15) is 16.8 Å². The number of nitrogens with zero attached hydrogens (tertiary/aromatic N) is 1. The third-order valence-corrected chi connectivity index (χ3v) is 1.98. The third kappa shape index (κ3) is 3.80. The molecule has 1 rings (SSSR count). The van der Waals surface area contributed by atoms with Crippen LogP contribution in [-0.4, -0.2) is 29.1 Å². The molecule has 1 aromatic rings. The first-order valence-electron chi connectivity index (χ1n) is 4.88. The van der Waals surface area contributed by atoms with Crippen LogP contribution < -0.4 is 5.32 Å². The largest absolute Gasteiger partial charge is 0.396 e. The summed E-state index contributed by atoms with van der Waals surface area (Å²) in [5, 5.41) is 21.4. The standard InChI is InChI=1S/C10H11FN2O4/c11-8-4-7(5-9(6-8)13(16)17)10(15)12-2-1-3-14/h4-6,14H,1-3H2,(H,12,15). The number of nitro benzene ring substituents is 1. The molecule has 7 heteroatoms. The summed E-state index contributed by atoms with van der Waals surface area (Å²) in [5.74, 6) is -1.45. The number of benzene rings is 1. The van der Waals surface area contributed by atoms with Crippen LogP contribution in [0.15, 0.2) is 18.2 Å². The van der Waals surface area contributed by atoms with Gasteiger partial charge in [-0.05, 0) is 12.5 Å². The zero-order valence-electron chi connectivity index (χ0n) is 8.85. The number of rotatable bonds is 5. The highest BCUT2D eigenvalue weighted by molar-refractivity contribution is 5.94. The molecule has 0 aliphatic heterocycles. The number of hydrogen-bond donors (Lipinski definition) is 2. The molecular weight excluding hydrogens is 231 g/mol. The highest BCUT2D eigenvalue weighted by atomic mass is 19.1. The Bertz CT molecular complexity index is 436. The van der Waals surface area contributed by atoms with Gasteiger partial charge >= 0.3 is 0 Å². The van der Waals surface area contributed by atoms with Crippen LogP contribution >= 0.6 is 0 Å². The summed E-state index contributed by atoms with van der Waals surface area (Å²) in [6, 6.07) is 2.66. The number of carbonyl (C=O) groups is 1. The average molecular weight is 242 g/mol. The normalized spacial score (nSPS) is 10.0. The van der Waals surface area contributed by atoms with Crippen molar-refractivity contribution in [3.8, 4) is 0 Å². The first kappa shape index (κ1) is 13.0. The highest BCUT2D eigenvalue weighted by Gasteiger charge is 2.14. The van der Waals surface area contributed by atoms with Gasteiger partial charge in [0, 0.05) is 24.8 Å². The van der Waals surface area contributed by atoms with Crippen LogP contribution in [0.3, 0.4) is 0 Å².